The summed E-state index contributed by atoms with van der Waals surface area (Å²) in [7, 11) is 0. The molecular formula is C16H16N2O2. The van der Waals surface area contributed by atoms with Crippen LogP contribution in [0.3, 0.4) is 0 Å². The van der Waals surface area contributed by atoms with E-state index in [0.717, 1.165) is 30.0 Å². The van der Waals surface area contributed by atoms with Gasteiger partial charge in [-0.25, -0.2) is 0 Å². The van der Waals surface area contributed by atoms with Crippen molar-refractivity contribution in [2.45, 2.75) is 18.4 Å². The highest BCUT2D eigenvalue weighted by molar-refractivity contribution is 6.00. The van der Waals surface area contributed by atoms with Gasteiger partial charge in [-0.05, 0) is 49.2 Å². The summed E-state index contributed by atoms with van der Waals surface area (Å²) in [4.78, 5) is 11.8. The third kappa shape index (κ3) is 2.81. The van der Waals surface area contributed by atoms with Gasteiger partial charge in [-0.2, -0.15) is 0 Å². The van der Waals surface area contributed by atoms with E-state index in [1.807, 2.05) is 54.6 Å². The molecule has 4 nitrogen and oxygen atoms in total. The molecule has 1 aliphatic carbocycles. The molecule has 3 rings (SSSR count). The van der Waals surface area contributed by atoms with Gasteiger partial charge in [0, 0.05) is 5.69 Å². The molecule has 102 valence electrons. The lowest BCUT2D eigenvalue weighted by Gasteiger charge is -2.11. The van der Waals surface area contributed by atoms with Gasteiger partial charge >= 0.3 is 0 Å². The third-order valence-corrected chi connectivity index (χ3v) is 3.33. The predicted octanol–water partition coefficient (Wildman–Crippen LogP) is 2.91. The molecule has 0 aromatic heterocycles. The quantitative estimate of drug-likeness (QED) is 0.896. The van der Waals surface area contributed by atoms with Crippen LogP contribution in [0.1, 0.15) is 12.8 Å². The molecule has 0 bridgehead atoms. The Bertz CT molecular complexity index is 604. The zero-order valence-corrected chi connectivity index (χ0v) is 11.0. The maximum Gasteiger partial charge on any atom is 0.244 e. The molecule has 20 heavy (non-hydrogen) atoms. The zero-order valence-electron chi connectivity index (χ0n) is 11.0. The van der Waals surface area contributed by atoms with E-state index in [1.54, 1.807) is 0 Å². The Kier molecular flexibility index (Phi) is 3.16. The smallest absolute Gasteiger partial charge is 0.244 e. The van der Waals surface area contributed by atoms with Crippen LogP contribution in [-0.4, -0.2) is 11.4 Å². The maximum atomic E-state index is 11.8. The average Bonchev–Trinajstić information content (AvgIpc) is 3.22. The van der Waals surface area contributed by atoms with E-state index in [1.165, 1.54) is 0 Å². The Labute approximate surface area is 117 Å². The van der Waals surface area contributed by atoms with Crippen LogP contribution in [0.2, 0.25) is 0 Å². The van der Waals surface area contributed by atoms with Crippen LogP contribution in [0.4, 0.5) is 5.69 Å². The van der Waals surface area contributed by atoms with Crippen LogP contribution in [0.5, 0.6) is 11.5 Å². The monoisotopic (exact) mass is 268 g/mol. The van der Waals surface area contributed by atoms with E-state index in [9.17, 15) is 4.79 Å². The minimum atomic E-state index is -0.654. The van der Waals surface area contributed by atoms with E-state index in [2.05, 4.69) is 5.32 Å². The first-order valence-electron chi connectivity index (χ1n) is 6.59. The molecule has 0 aliphatic heterocycles. The second kappa shape index (κ2) is 4.98. The van der Waals surface area contributed by atoms with Gasteiger partial charge in [0.2, 0.25) is 5.91 Å². The molecule has 3 N–H and O–H groups in total. The van der Waals surface area contributed by atoms with Crippen LogP contribution in [0.15, 0.2) is 54.6 Å². The fourth-order valence-electron chi connectivity index (χ4n) is 1.85. The Morgan fingerprint density at radius 3 is 2.20 bits per heavy atom. The number of hydrogen-bond acceptors (Lipinski definition) is 3. The van der Waals surface area contributed by atoms with E-state index in [0.29, 0.717) is 0 Å². The topological polar surface area (TPSA) is 64.4 Å². The largest absolute Gasteiger partial charge is 0.457 e. The lowest BCUT2D eigenvalue weighted by atomic mass is 10.2. The summed E-state index contributed by atoms with van der Waals surface area (Å²) in [6.07, 6.45) is 1.52. The number of amides is 1. The Balaban J connectivity index is 1.64. The summed E-state index contributed by atoms with van der Waals surface area (Å²) < 4.78 is 5.68. The number of hydrogen-bond donors (Lipinski definition) is 2. The fraction of sp³-hybridized carbons (Fsp3) is 0.188. The molecule has 0 saturated heterocycles. The SMILES string of the molecule is NC1(C(=O)Nc2ccc(Oc3ccccc3)cc2)CC1. The van der Waals surface area contributed by atoms with Crippen molar-refractivity contribution in [3.8, 4) is 11.5 Å². The molecule has 2 aromatic carbocycles. The number of ether oxygens (including phenoxy) is 1. The van der Waals surface area contributed by atoms with Crippen molar-refractivity contribution in [1.82, 2.24) is 0 Å². The summed E-state index contributed by atoms with van der Waals surface area (Å²) in [5.74, 6) is 1.39. The summed E-state index contributed by atoms with van der Waals surface area (Å²) >= 11 is 0. The first-order valence-corrected chi connectivity index (χ1v) is 6.59. The van der Waals surface area contributed by atoms with Gasteiger partial charge in [0.1, 0.15) is 11.5 Å². The van der Waals surface area contributed by atoms with Crippen molar-refractivity contribution in [2.24, 2.45) is 5.73 Å². The molecule has 0 spiro atoms. The second-order valence-corrected chi connectivity index (χ2v) is 5.05. The second-order valence-electron chi connectivity index (χ2n) is 5.05. The summed E-state index contributed by atoms with van der Waals surface area (Å²) in [5.41, 5.74) is 5.91. The highest BCUT2D eigenvalue weighted by Crippen LogP contribution is 2.33. The summed E-state index contributed by atoms with van der Waals surface area (Å²) in [6.45, 7) is 0. The normalized spacial score (nSPS) is 15.4. The maximum absolute atomic E-state index is 11.8. The van der Waals surface area contributed by atoms with Crippen molar-refractivity contribution < 1.29 is 9.53 Å². The summed E-state index contributed by atoms with van der Waals surface area (Å²) in [6, 6.07) is 16.8. The van der Waals surface area contributed by atoms with Gasteiger partial charge in [-0.15, -0.1) is 0 Å². The van der Waals surface area contributed by atoms with Gasteiger partial charge in [0.15, 0.2) is 0 Å². The number of nitrogens with two attached hydrogens (primary N) is 1. The lowest BCUT2D eigenvalue weighted by Crippen LogP contribution is -2.37. The molecule has 1 amide bonds. The zero-order chi connectivity index (χ0) is 14.0. The molecule has 0 radical (unpaired) electrons. The average molecular weight is 268 g/mol. The van der Waals surface area contributed by atoms with Crippen LogP contribution in [-0.2, 0) is 4.79 Å². The van der Waals surface area contributed by atoms with Crippen LogP contribution < -0.4 is 15.8 Å². The molecule has 1 saturated carbocycles. The fourth-order valence-corrected chi connectivity index (χ4v) is 1.85. The molecule has 0 heterocycles. The summed E-state index contributed by atoms with van der Waals surface area (Å²) in [5, 5.41) is 2.82. The Morgan fingerprint density at radius 2 is 1.60 bits per heavy atom. The number of rotatable bonds is 4. The van der Waals surface area contributed by atoms with Gasteiger partial charge < -0.3 is 15.8 Å². The van der Waals surface area contributed by atoms with Crippen molar-refractivity contribution in [3.63, 3.8) is 0 Å². The minimum absolute atomic E-state index is 0.116. The van der Waals surface area contributed by atoms with Gasteiger partial charge in [0.05, 0.1) is 5.54 Å². The highest BCUT2D eigenvalue weighted by Gasteiger charge is 2.45. The Hall–Kier alpha value is -2.33. The van der Waals surface area contributed by atoms with Crippen molar-refractivity contribution >= 4 is 11.6 Å². The van der Waals surface area contributed by atoms with Crippen LogP contribution >= 0.6 is 0 Å². The molecule has 0 unspecified atom stereocenters. The van der Waals surface area contributed by atoms with Crippen LogP contribution in [0.25, 0.3) is 0 Å². The molecule has 4 heteroatoms. The van der Waals surface area contributed by atoms with Gasteiger partial charge in [-0.3, -0.25) is 4.79 Å². The molecule has 1 fully saturated rings. The van der Waals surface area contributed by atoms with Gasteiger partial charge in [-0.1, -0.05) is 18.2 Å². The van der Waals surface area contributed by atoms with E-state index >= 15 is 0 Å². The molecular weight excluding hydrogens is 252 g/mol. The lowest BCUT2D eigenvalue weighted by molar-refractivity contribution is -0.118. The van der Waals surface area contributed by atoms with E-state index < -0.39 is 5.54 Å². The highest BCUT2D eigenvalue weighted by atomic mass is 16.5. The number of carbonyl (C=O) groups excluding carboxylic acids is 1. The first-order chi connectivity index (χ1) is 9.66. The first kappa shape index (κ1) is 12.7. The van der Waals surface area contributed by atoms with Crippen LogP contribution in [0, 0.1) is 0 Å². The van der Waals surface area contributed by atoms with Crippen molar-refractivity contribution in [3.05, 3.63) is 54.6 Å². The number of anilines is 1. The predicted molar refractivity (Wildman–Crippen MR) is 77.7 cm³/mol. The van der Waals surface area contributed by atoms with E-state index in [-0.39, 0.29) is 5.91 Å². The minimum Gasteiger partial charge on any atom is -0.457 e. The number of nitrogens with one attached hydrogen (secondary N) is 1. The number of benzene rings is 2. The van der Waals surface area contributed by atoms with E-state index in [4.69, 9.17) is 10.5 Å². The van der Waals surface area contributed by atoms with Gasteiger partial charge in [0.25, 0.3) is 0 Å². The molecule has 0 atom stereocenters. The molecule has 1 aliphatic rings. The third-order valence-electron chi connectivity index (χ3n) is 3.33. The molecule has 2 aromatic rings. The van der Waals surface area contributed by atoms with Crippen molar-refractivity contribution in [1.29, 1.82) is 0 Å². The number of para-hydroxylation sites is 1. The Morgan fingerprint density at radius 1 is 1.00 bits per heavy atom. The van der Waals surface area contributed by atoms with Crippen molar-refractivity contribution in [2.75, 3.05) is 5.32 Å². The standard InChI is InChI=1S/C16H16N2O2/c17-16(10-11-16)15(19)18-12-6-8-14(9-7-12)20-13-4-2-1-3-5-13/h1-9H,10-11,17H2,(H,18,19). The number of carbonyl (C=O) groups is 1.